The zero-order valence-corrected chi connectivity index (χ0v) is 22.0. The Bertz CT molecular complexity index is 684. The molecule has 37 heavy (non-hydrogen) atoms. The molecule has 8 N–H and O–H groups in total. The Hall–Kier alpha value is -1.71. The van der Waals surface area contributed by atoms with Crippen molar-refractivity contribution in [3.05, 3.63) is 0 Å². The van der Waals surface area contributed by atoms with Gasteiger partial charge in [-0.25, -0.2) is 0 Å². The molecule has 13 heteroatoms. The number of Topliss-reactive ketones (excluding diaryl/α,β-unsaturated/α-hetero) is 1. The second kappa shape index (κ2) is 17.0. The van der Waals surface area contributed by atoms with Crippen molar-refractivity contribution in [2.75, 3.05) is 26.7 Å². The summed E-state index contributed by atoms with van der Waals surface area (Å²) >= 11 is 0. The van der Waals surface area contributed by atoms with Crippen LogP contribution in [0.2, 0.25) is 0 Å². The Labute approximate surface area is 217 Å². The van der Waals surface area contributed by atoms with Crippen LogP contribution >= 0.6 is 0 Å². The molecule has 0 aromatic heterocycles. The maximum atomic E-state index is 12.6. The fraction of sp³-hybridized carbons (Fsp3) is 0.875. The third-order valence-corrected chi connectivity index (χ3v) is 6.51. The molecule has 13 nitrogen and oxygen atoms in total. The standard InChI is InChI=1S/C24H45N3O10/c1-15(2)27-24(8-4-17(31)7-11-28,9-5-19(32)25-13-30)10-6-20(33)26-14-36-23-16(3)21(34)22(35)18(12-29)37-23/h15-16,18,21-23,27-30,34-35H,4-14H2,1-3H3,(H,25,32)(H,26,33)/t16?,18?,21-,22+,23-,24?/m1/s1. The molecule has 3 unspecified atom stereocenters. The number of nitrogens with one attached hydrogen (secondary N) is 3. The Kier molecular flexibility index (Phi) is 15.3. The van der Waals surface area contributed by atoms with E-state index in [-0.39, 0.29) is 62.7 Å². The highest BCUT2D eigenvalue weighted by atomic mass is 16.7. The number of amides is 2. The number of hydrogen-bond acceptors (Lipinski definition) is 11. The van der Waals surface area contributed by atoms with Gasteiger partial charge in [-0.1, -0.05) is 20.8 Å². The number of ketones is 1. The lowest BCUT2D eigenvalue weighted by molar-refractivity contribution is -0.283. The lowest BCUT2D eigenvalue weighted by Gasteiger charge is -2.40. The van der Waals surface area contributed by atoms with Gasteiger partial charge in [0.25, 0.3) is 0 Å². The Morgan fingerprint density at radius 1 is 0.919 bits per heavy atom. The van der Waals surface area contributed by atoms with Crippen LogP contribution in [-0.2, 0) is 23.9 Å². The molecule has 1 aliphatic rings. The molecule has 1 heterocycles. The van der Waals surface area contributed by atoms with Crippen molar-refractivity contribution < 1.29 is 49.4 Å². The predicted octanol–water partition coefficient (Wildman–Crippen LogP) is -1.75. The van der Waals surface area contributed by atoms with E-state index in [1.165, 1.54) is 0 Å². The van der Waals surface area contributed by atoms with Crippen LogP contribution in [0.5, 0.6) is 0 Å². The summed E-state index contributed by atoms with van der Waals surface area (Å²) in [6.07, 6.45) is -3.04. The molecule has 0 aromatic carbocycles. The molecule has 216 valence electrons. The summed E-state index contributed by atoms with van der Waals surface area (Å²) < 4.78 is 11.0. The lowest BCUT2D eigenvalue weighted by Crippen LogP contribution is -2.55. The number of ether oxygens (including phenoxy) is 2. The SMILES string of the molecule is CC(C)NC(CCC(=O)CCO)(CCC(=O)NCO)CCC(=O)NCO[C@@H]1OC(CO)[C@H](O)[C@H](O)C1C. The van der Waals surface area contributed by atoms with E-state index < -0.39 is 49.4 Å². The first-order valence-electron chi connectivity index (χ1n) is 12.8. The third-order valence-electron chi connectivity index (χ3n) is 6.51. The minimum atomic E-state index is -1.25. The van der Waals surface area contributed by atoms with Crippen LogP contribution in [0.4, 0.5) is 0 Å². The van der Waals surface area contributed by atoms with Crippen LogP contribution in [0.15, 0.2) is 0 Å². The average molecular weight is 536 g/mol. The zero-order chi connectivity index (χ0) is 28.0. The fourth-order valence-corrected chi connectivity index (χ4v) is 4.42. The van der Waals surface area contributed by atoms with E-state index in [1.54, 1.807) is 6.92 Å². The molecule has 6 atom stereocenters. The predicted molar refractivity (Wildman–Crippen MR) is 132 cm³/mol. The maximum Gasteiger partial charge on any atom is 0.221 e. The van der Waals surface area contributed by atoms with Gasteiger partial charge < -0.3 is 51.0 Å². The van der Waals surface area contributed by atoms with Crippen LogP contribution < -0.4 is 16.0 Å². The molecule has 1 rings (SSSR count). The molecule has 0 saturated carbocycles. The van der Waals surface area contributed by atoms with Crippen molar-refractivity contribution in [2.45, 2.75) is 102 Å². The number of aliphatic hydroxyl groups is 5. The van der Waals surface area contributed by atoms with Gasteiger partial charge in [-0.05, 0) is 19.3 Å². The zero-order valence-electron chi connectivity index (χ0n) is 22.0. The number of carbonyl (C=O) groups excluding carboxylic acids is 3. The molecular formula is C24H45N3O10. The second-order valence-corrected chi connectivity index (χ2v) is 9.83. The number of hydrogen-bond donors (Lipinski definition) is 8. The lowest BCUT2D eigenvalue weighted by atomic mass is 9.82. The van der Waals surface area contributed by atoms with Crippen LogP contribution in [0.1, 0.15) is 65.7 Å². The first kappa shape index (κ1) is 33.3. The van der Waals surface area contributed by atoms with Gasteiger partial charge in [0.1, 0.15) is 31.5 Å². The molecule has 2 amide bonds. The van der Waals surface area contributed by atoms with Crippen LogP contribution in [-0.4, -0.2) is 106 Å². The topological polar surface area (TPSA) is 207 Å². The minimum absolute atomic E-state index is 0.00794. The normalized spacial score (nSPS) is 25.5. The number of carbonyl (C=O) groups is 3. The molecule has 0 bridgehead atoms. The van der Waals surface area contributed by atoms with Crippen LogP contribution in [0, 0.1) is 5.92 Å². The highest BCUT2D eigenvalue weighted by molar-refractivity contribution is 5.79. The van der Waals surface area contributed by atoms with Crippen molar-refractivity contribution in [1.82, 2.24) is 16.0 Å². The van der Waals surface area contributed by atoms with Gasteiger partial charge in [-0.2, -0.15) is 0 Å². The van der Waals surface area contributed by atoms with Gasteiger partial charge in [-0.3, -0.25) is 14.4 Å². The summed E-state index contributed by atoms with van der Waals surface area (Å²) in [5, 5.41) is 55.7. The first-order valence-corrected chi connectivity index (χ1v) is 12.8. The third kappa shape index (κ3) is 11.7. The van der Waals surface area contributed by atoms with E-state index in [4.69, 9.17) is 19.7 Å². The van der Waals surface area contributed by atoms with Crippen molar-refractivity contribution >= 4 is 17.6 Å². The largest absolute Gasteiger partial charge is 0.396 e. The van der Waals surface area contributed by atoms with Crippen LogP contribution in [0.25, 0.3) is 0 Å². The maximum absolute atomic E-state index is 12.6. The van der Waals surface area contributed by atoms with Gasteiger partial charge in [-0.15, -0.1) is 0 Å². The van der Waals surface area contributed by atoms with E-state index in [9.17, 15) is 29.7 Å². The van der Waals surface area contributed by atoms with E-state index >= 15 is 0 Å². The quantitative estimate of drug-likeness (QED) is 0.0923. The number of rotatable bonds is 18. The summed E-state index contributed by atoms with van der Waals surface area (Å²) in [6.45, 7) is 3.99. The molecule has 1 fully saturated rings. The number of aliphatic hydroxyl groups excluding tert-OH is 5. The molecule has 0 spiro atoms. The molecule has 1 saturated heterocycles. The van der Waals surface area contributed by atoms with Gasteiger partial charge >= 0.3 is 0 Å². The van der Waals surface area contributed by atoms with E-state index in [1.807, 2.05) is 13.8 Å². The van der Waals surface area contributed by atoms with Crippen molar-refractivity contribution in [2.24, 2.45) is 5.92 Å². The van der Waals surface area contributed by atoms with Gasteiger partial charge in [0.15, 0.2) is 6.29 Å². The monoisotopic (exact) mass is 535 g/mol. The van der Waals surface area contributed by atoms with Crippen molar-refractivity contribution in [3.8, 4) is 0 Å². The summed E-state index contributed by atoms with van der Waals surface area (Å²) in [6, 6.07) is -0.00794. The van der Waals surface area contributed by atoms with Crippen LogP contribution in [0.3, 0.4) is 0 Å². The molecule has 1 aliphatic heterocycles. The highest BCUT2D eigenvalue weighted by Gasteiger charge is 2.42. The van der Waals surface area contributed by atoms with Gasteiger partial charge in [0, 0.05) is 49.8 Å². The van der Waals surface area contributed by atoms with Crippen molar-refractivity contribution in [1.29, 1.82) is 0 Å². The Balaban J connectivity index is 2.76. The Morgan fingerprint density at radius 2 is 1.51 bits per heavy atom. The molecular weight excluding hydrogens is 490 g/mol. The highest BCUT2D eigenvalue weighted by Crippen LogP contribution is 2.28. The fourth-order valence-electron chi connectivity index (χ4n) is 4.42. The molecule has 0 radical (unpaired) electrons. The second-order valence-electron chi connectivity index (χ2n) is 9.83. The minimum Gasteiger partial charge on any atom is -0.396 e. The van der Waals surface area contributed by atoms with E-state index in [0.717, 1.165) is 0 Å². The average Bonchev–Trinajstić information content (AvgIpc) is 2.85. The molecule has 0 aromatic rings. The summed E-state index contributed by atoms with van der Waals surface area (Å²) in [5.74, 6) is -1.42. The smallest absolute Gasteiger partial charge is 0.221 e. The van der Waals surface area contributed by atoms with Gasteiger partial charge in [0.2, 0.25) is 11.8 Å². The van der Waals surface area contributed by atoms with Crippen molar-refractivity contribution in [3.63, 3.8) is 0 Å². The summed E-state index contributed by atoms with van der Waals surface area (Å²) in [7, 11) is 0. The summed E-state index contributed by atoms with van der Waals surface area (Å²) in [4.78, 5) is 36.7. The van der Waals surface area contributed by atoms with E-state index in [0.29, 0.717) is 19.3 Å². The van der Waals surface area contributed by atoms with E-state index in [2.05, 4.69) is 16.0 Å². The first-order chi connectivity index (χ1) is 17.5. The molecule has 0 aliphatic carbocycles. The Morgan fingerprint density at radius 3 is 2.05 bits per heavy atom. The van der Waals surface area contributed by atoms with Gasteiger partial charge in [0.05, 0.1) is 12.7 Å². The summed E-state index contributed by atoms with van der Waals surface area (Å²) in [5.41, 5.74) is -0.722.